The molecule has 1 amide bonds. The summed E-state index contributed by atoms with van der Waals surface area (Å²) in [5.74, 6) is -4.26. The van der Waals surface area contributed by atoms with E-state index in [1.165, 1.54) is 12.1 Å². The summed E-state index contributed by atoms with van der Waals surface area (Å²) < 4.78 is 38.7. The smallest absolute Gasteiger partial charge is 0.312 e. The average Bonchev–Trinajstić information content (AvgIpc) is 3.34. The molecule has 0 aromatic heterocycles. The molecule has 6 atom stereocenters. The molecule has 1 aromatic carbocycles. The highest BCUT2D eigenvalue weighted by molar-refractivity contribution is 7.85. The van der Waals surface area contributed by atoms with Crippen LogP contribution in [0.4, 0.5) is 0 Å². The van der Waals surface area contributed by atoms with Gasteiger partial charge in [0.15, 0.2) is 0 Å². The molecule has 0 aliphatic heterocycles. The van der Waals surface area contributed by atoms with E-state index in [0.29, 0.717) is 30.2 Å². The van der Waals surface area contributed by atoms with Crippen molar-refractivity contribution in [1.29, 1.82) is 0 Å². The number of quaternary nitrogens is 1. The number of hydrogen-bond donors (Lipinski definition) is 2. The lowest BCUT2D eigenvalue weighted by molar-refractivity contribution is -0.905. The zero-order valence-corrected chi connectivity index (χ0v) is 25.2. The maximum absolute atomic E-state index is 12.9. The Balaban J connectivity index is 2.32. The quantitative estimate of drug-likeness (QED) is 0.130. The molecule has 3 N–H and O–H groups in total. The molecule has 40 heavy (non-hydrogen) atoms. The van der Waals surface area contributed by atoms with Crippen molar-refractivity contribution in [2.45, 2.75) is 76.5 Å². The zero-order chi connectivity index (χ0) is 30.3. The van der Waals surface area contributed by atoms with Crippen molar-refractivity contribution in [3.8, 4) is 0 Å². The molecular formula is C29H46N2O8S. The summed E-state index contributed by atoms with van der Waals surface area (Å²) in [4.78, 5) is 36.8. The lowest BCUT2D eigenvalue weighted by Gasteiger charge is -2.34. The van der Waals surface area contributed by atoms with Gasteiger partial charge in [0.05, 0.1) is 31.5 Å². The minimum Gasteiger partial charge on any atom is -0.550 e. The normalized spacial score (nSPS) is 20.9. The van der Waals surface area contributed by atoms with E-state index in [4.69, 9.17) is 10.5 Å². The van der Waals surface area contributed by atoms with Crippen LogP contribution >= 0.6 is 0 Å². The van der Waals surface area contributed by atoms with Gasteiger partial charge in [-0.15, -0.1) is 0 Å². The van der Waals surface area contributed by atoms with Gasteiger partial charge in [0.2, 0.25) is 12.6 Å². The van der Waals surface area contributed by atoms with E-state index >= 15 is 0 Å². The molecule has 0 bridgehead atoms. The summed E-state index contributed by atoms with van der Waals surface area (Å²) in [5.41, 5.74) is 6.30. The minimum absolute atomic E-state index is 0.00144. The van der Waals surface area contributed by atoms with Gasteiger partial charge in [0, 0.05) is 17.8 Å². The third-order valence-corrected chi connectivity index (χ3v) is 9.53. The Labute approximate surface area is 238 Å². The fourth-order valence-electron chi connectivity index (χ4n) is 5.76. The van der Waals surface area contributed by atoms with Crippen LogP contribution in [0.2, 0.25) is 0 Å². The van der Waals surface area contributed by atoms with Gasteiger partial charge >= 0.3 is 5.97 Å². The van der Waals surface area contributed by atoms with Gasteiger partial charge in [-0.3, -0.25) is 18.6 Å². The van der Waals surface area contributed by atoms with Crippen molar-refractivity contribution >= 4 is 28.0 Å². The molecule has 0 heterocycles. The largest absolute Gasteiger partial charge is 0.550 e. The number of hydrogen-bond acceptors (Lipinski definition) is 7. The molecule has 2 rings (SSSR count). The zero-order valence-electron chi connectivity index (χ0n) is 24.4. The number of carboxylic acids is 1. The maximum Gasteiger partial charge on any atom is 0.312 e. The van der Waals surface area contributed by atoms with Gasteiger partial charge in [-0.1, -0.05) is 38.8 Å². The number of carbonyl (C=O) groups is 3. The maximum atomic E-state index is 12.9. The molecular weight excluding hydrogens is 536 g/mol. The van der Waals surface area contributed by atoms with Gasteiger partial charge in [0.1, 0.15) is 0 Å². The topological polar surface area (TPSA) is 164 Å². The lowest BCUT2D eigenvalue weighted by Crippen LogP contribution is -2.42. The first kappa shape index (κ1) is 33.7. The van der Waals surface area contributed by atoms with Crippen molar-refractivity contribution in [1.82, 2.24) is 0 Å². The summed E-state index contributed by atoms with van der Waals surface area (Å²) in [6.45, 7) is 6.64. The number of carbonyl (C=O) groups excluding carboxylic acids is 3. The van der Waals surface area contributed by atoms with E-state index in [2.05, 4.69) is 0 Å². The van der Waals surface area contributed by atoms with Crippen LogP contribution in [-0.2, 0) is 29.2 Å². The van der Waals surface area contributed by atoms with Crippen LogP contribution < -0.4 is 10.8 Å². The molecule has 11 heteroatoms. The summed E-state index contributed by atoms with van der Waals surface area (Å²) in [7, 11) is -0.434. The monoisotopic (exact) mass is 582 g/mol. The molecule has 1 aliphatic carbocycles. The van der Waals surface area contributed by atoms with E-state index in [1.54, 1.807) is 26.0 Å². The number of aliphatic carboxylic acids is 1. The highest BCUT2D eigenvalue weighted by Gasteiger charge is 2.38. The van der Waals surface area contributed by atoms with Crippen molar-refractivity contribution in [3.63, 3.8) is 0 Å². The van der Waals surface area contributed by atoms with Crippen LogP contribution in [0.5, 0.6) is 0 Å². The van der Waals surface area contributed by atoms with Crippen molar-refractivity contribution in [2.24, 2.45) is 35.3 Å². The van der Waals surface area contributed by atoms with E-state index in [-0.39, 0.29) is 41.8 Å². The fourth-order valence-corrected chi connectivity index (χ4v) is 6.24. The van der Waals surface area contributed by atoms with E-state index in [9.17, 15) is 32.5 Å². The lowest BCUT2D eigenvalue weighted by atomic mass is 9.73. The van der Waals surface area contributed by atoms with Crippen molar-refractivity contribution in [2.75, 3.05) is 27.4 Å². The second kappa shape index (κ2) is 14.4. The van der Waals surface area contributed by atoms with Crippen LogP contribution in [-0.4, -0.2) is 62.7 Å². The van der Waals surface area contributed by atoms with Crippen molar-refractivity contribution in [3.05, 3.63) is 29.8 Å². The second-order valence-electron chi connectivity index (χ2n) is 12.0. The SMILES string of the molecule is CCC(CC(C(=O)[O-])C1CCCC1CC(CC(C)C(=O)OC[N+](C)(C)CC)c1ccc(S(=O)(=O)O)cc1)C(N)=O. The standard InChI is InChI=1S/C29H46N2O8S/c1-6-20(27(30)32)17-26(28(33)34)25-10-8-9-22(25)16-23(21-11-13-24(14-12-21)40(36,37)38)15-19(3)29(35)39-18-31(4,5)7-2/h11-14,19-20,22-23,25-26H,6-10,15-18H2,1-5H3,(H3-,30,32,33,34,36,37,38). The number of rotatable bonds is 16. The summed E-state index contributed by atoms with van der Waals surface area (Å²) in [5, 5.41) is 12.2. The number of esters is 1. The van der Waals surface area contributed by atoms with Crippen LogP contribution in [0.1, 0.15) is 77.2 Å². The number of nitrogens with two attached hydrogens (primary N) is 1. The third-order valence-electron chi connectivity index (χ3n) is 8.66. The number of ether oxygens (including phenoxy) is 1. The van der Waals surface area contributed by atoms with Gasteiger partial charge in [-0.2, -0.15) is 8.42 Å². The Bertz CT molecular complexity index is 1120. The highest BCUT2D eigenvalue weighted by Crippen LogP contribution is 2.45. The van der Waals surface area contributed by atoms with Crippen molar-refractivity contribution < 1.29 is 41.7 Å². The van der Waals surface area contributed by atoms with Crippen LogP contribution in [0.15, 0.2) is 29.2 Å². The Hall–Kier alpha value is -2.50. The Morgan fingerprint density at radius 2 is 1.75 bits per heavy atom. The van der Waals surface area contributed by atoms with Gasteiger partial charge in [0.25, 0.3) is 10.1 Å². The summed E-state index contributed by atoms with van der Waals surface area (Å²) in [6, 6.07) is 5.92. The van der Waals surface area contributed by atoms with E-state index in [1.807, 2.05) is 21.0 Å². The number of benzene rings is 1. The predicted molar refractivity (Wildman–Crippen MR) is 148 cm³/mol. The predicted octanol–water partition coefficient (Wildman–Crippen LogP) is 2.71. The van der Waals surface area contributed by atoms with Gasteiger partial charge in [-0.25, -0.2) is 0 Å². The van der Waals surface area contributed by atoms with E-state index in [0.717, 1.165) is 24.9 Å². The van der Waals surface area contributed by atoms with Gasteiger partial charge in [-0.05, 0) is 74.5 Å². The average molecular weight is 583 g/mol. The minimum atomic E-state index is -4.36. The number of primary amides is 1. The molecule has 6 unspecified atom stereocenters. The highest BCUT2D eigenvalue weighted by atomic mass is 32.2. The summed E-state index contributed by atoms with van der Waals surface area (Å²) >= 11 is 0. The molecule has 1 aliphatic rings. The van der Waals surface area contributed by atoms with E-state index < -0.39 is 39.7 Å². The third kappa shape index (κ3) is 9.55. The molecule has 1 saturated carbocycles. The number of carboxylic acid groups (broad SMARTS) is 1. The van der Waals surface area contributed by atoms with Crippen LogP contribution in [0.3, 0.4) is 0 Å². The first-order chi connectivity index (χ1) is 18.6. The summed E-state index contributed by atoms with van der Waals surface area (Å²) in [6.07, 6.45) is 3.89. The second-order valence-corrected chi connectivity index (χ2v) is 13.4. The van der Waals surface area contributed by atoms with Gasteiger partial charge < -0.3 is 20.4 Å². The Morgan fingerprint density at radius 1 is 1.12 bits per heavy atom. The Kier molecular flexibility index (Phi) is 12.1. The molecule has 0 spiro atoms. The molecule has 1 fully saturated rings. The number of nitrogens with zero attached hydrogens (tertiary/aromatic N) is 1. The first-order valence-electron chi connectivity index (χ1n) is 14.2. The van der Waals surface area contributed by atoms with Crippen LogP contribution in [0.25, 0.3) is 0 Å². The molecule has 0 radical (unpaired) electrons. The Morgan fingerprint density at radius 3 is 2.25 bits per heavy atom. The molecule has 1 aromatic rings. The first-order valence-corrected chi connectivity index (χ1v) is 15.6. The molecule has 226 valence electrons. The fraction of sp³-hybridized carbons (Fsp3) is 0.690. The van der Waals surface area contributed by atoms with Crippen LogP contribution in [0, 0.1) is 29.6 Å². The number of amides is 1. The molecule has 0 saturated heterocycles. The molecule has 10 nitrogen and oxygen atoms in total.